The van der Waals surface area contributed by atoms with E-state index in [9.17, 15) is 4.79 Å². The van der Waals surface area contributed by atoms with Gasteiger partial charge in [-0.25, -0.2) is 0 Å². The van der Waals surface area contributed by atoms with Crippen molar-refractivity contribution in [3.8, 4) is 0 Å². The summed E-state index contributed by atoms with van der Waals surface area (Å²) in [5.41, 5.74) is 2.27. The number of rotatable bonds is 1. The van der Waals surface area contributed by atoms with Gasteiger partial charge in [0.25, 0.3) is 5.91 Å². The second kappa shape index (κ2) is 5.50. The SMILES string of the molecule is Cc1nnc2n1CCN(C(=O)c1csc3c1CCCC3)CC2. The van der Waals surface area contributed by atoms with E-state index >= 15 is 0 Å². The minimum absolute atomic E-state index is 0.204. The summed E-state index contributed by atoms with van der Waals surface area (Å²) in [7, 11) is 0. The maximum atomic E-state index is 12.9. The monoisotopic (exact) mass is 316 g/mol. The van der Waals surface area contributed by atoms with Crippen LogP contribution in [-0.2, 0) is 25.8 Å². The third-order valence-corrected chi connectivity index (χ3v) is 5.88. The van der Waals surface area contributed by atoms with Crippen LogP contribution in [0.25, 0.3) is 0 Å². The van der Waals surface area contributed by atoms with Crippen LogP contribution >= 0.6 is 11.3 Å². The molecule has 22 heavy (non-hydrogen) atoms. The number of carbonyl (C=O) groups is 1. The van der Waals surface area contributed by atoms with E-state index < -0.39 is 0 Å². The van der Waals surface area contributed by atoms with Crippen molar-refractivity contribution in [3.05, 3.63) is 33.0 Å². The highest BCUT2D eigenvalue weighted by Gasteiger charge is 2.26. The van der Waals surface area contributed by atoms with Crippen LogP contribution in [0.5, 0.6) is 0 Å². The van der Waals surface area contributed by atoms with Crippen LogP contribution in [-0.4, -0.2) is 38.7 Å². The molecular weight excluding hydrogens is 296 g/mol. The van der Waals surface area contributed by atoms with Crippen LogP contribution in [0.4, 0.5) is 0 Å². The minimum Gasteiger partial charge on any atom is -0.336 e. The number of hydrogen-bond acceptors (Lipinski definition) is 4. The van der Waals surface area contributed by atoms with Gasteiger partial charge in [0.1, 0.15) is 11.6 Å². The molecular formula is C16H20N4OS. The van der Waals surface area contributed by atoms with E-state index in [-0.39, 0.29) is 5.91 Å². The fourth-order valence-corrected chi connectivity index (χ4v) is 4.63. The molecule has 5 nitrogen and oxygen atoms in total. The zero-order valence-electron chi connectivity index (χ0n) is 12.8. The standard InChI is InChI=1S/C16H20N4OS/c1-11-17-18-15-6-7-19(8-9-20(11)15)16(21)13-10-22-14-5-3-2-4-12(13)14/h10H,2-9H2,1H3. The number of carbonyl (C=O) groups excluding carboxylic acids is 1. The van der Waals surface area contributed by atoms with Crippen molar-refractivity contribution >= 4 is 17.2 Å². The number of fused-ring (bicyclic) bond motifs is 2. The molecule has 2 aromatic heterocycles. The first kappa shape index (κ1) is 13.9. The van der Waals surface area contributed by atoms with E-state index in [1.54, 1.807) is 11.3 Å². The Balaban J connectivity index is 1.55. The average molecular weight is 316 g/mol. The van der Waals surface area contributed by atoms with Gasteiger partial charge in [-0.3, -0.25) is 4.79 Å². The lowest BCUT2D eigenvalue weighted by atomic mass is 9.95. The predicted octanol–water partition coefficient (Wildman–Crippen LogP) is 2.23. The molecule has 0 saturated carbocycles. The lowest BCUT2D eigenvalue weighted by Crippen LogP contribution is -2.34. The number of hydrogen-bond donors (Lipinski definition) is 0. The summed E-state index contributed by atoms with van der Waals surface area (Å²) in [5, 5.41) is 10.4. The van der Waals surface area contributed by atoms with Crippen molar-refractivity contribution in [2.75, 3.05) is 13.1 Å². The summed E-state index contributed by atoms with van der Waals surface area (Å²) in [6, 6.07) is 0. The molecule has 1 aliphatic carbocycles. The van der Waals surface area contributed by atoms with Gasteiger partial charge in [0, 0.05) is 36.3 Å². The number of thiophene rings is 1. The topological polar surface area (TPSA) is 51.0 Å². The molecule has 0 N–H and O–H groups in total. The second-order valence-corrected chi connectivity index (χ2v) is 7.08. The van der Waals surface area contributed by atoms with Gasteiger partial charge in [-0.2, -0.15) is 0 Å². The maximum Gasteiger partial charge on any atom is 0.255 e. The predicted molar refractivity (Wildman–Crippen MR) is 85.3 cm³/mol. The van der Waals surface area contributed by atoms with Gasteiger partial charge in [0.15, 0.2) is 0 Å². The first-order valence-electron chi connectivity index (χ1n) is 8.01. The van der Waals surface area contributed by atoms with Crippen molar-refractivity contribution in [1.29, 1.82) is 0 Å². The third-order valence-electron chi connectivity index (χ3n) is 4.79. The molecule has 0 aromatic carbocycles. The third kappa shape index (κ3) is 2.26. The highest BCUT2D eigenvalue weighted by Crippen LogP contribution is 2.31. The van der Waals surface area contributed by atoms with Gasteiger partial charge >= 0.3 is 0 Å². The Morgan fingerprint density at radius 3 is 2.91 bits per heavy atom. The Kier molecular flexibility index (Phi) is 3.48. The highest BCUT2D eigenvalue weighted by atomic mass is 32.1. The molecule has 0 radical (unpaired) electrons. The van der Waals surface area contributed by atoms with Gasteiger partial charge in [-0.05, 0) is 38.2 Å². The van der Waals surface area contributed by atoms with Gasteiger partial charge in [0.05, 0.1) is 5.56 Å². The van der Waals surface area contributed by atoms with E-state index in [1.165, 1.54) is 23.3 Å². The zero-order chi connectivity index (χ0) is 15.1. The number of aryl methyl sites for hydroxylation is 2. The summed E-state index contributed by atoms with van der Waals surface area (Å²) < 4.78 is 2.14. The fourth-order valence-electron chi connectivity index (χ4n) is 3.51. The molecule has 116 valence electrons. The average Bonchev–Trinajstić information content (AvgIpc) is 3.04. The Labute approximate surface area is 134 Å². The summed E-state index contributed by atoms with van der Waals surface area (Å²) in [5.74, 6) is 2.15. The zero-order valence-corrected chi connectivity index (χ0v) is 13.7. The Morgan fingerprint density at radius 2 is 2.00 bits per heavy atom. The van der Waals surface area contributed by atoms with Crippen molar-refractivity contribution in [3.63, 3.8) is 0 Å². The maximum absolute atomic E-state index is 12.9. The molecule has 0 saturated heterocycles. The molecule has 0 fully saturated rings. The van der Waals surface area contributed by atoms with Gasteiger partial charge in [-0.1, -0.05) is 0 Å². The Morgan fingerprint density at radius 1 is 1.14 bits per heavy atom. The van der Waals surface area contributed by atoms with Crippen molar-refractivity contribution in [2.45, 2.75) is 45.6 Å². The summed E-state index contributed by atoms with van der Waals surface area (Å²) in [4.78, 5) is 16.4. The number of aromatic nitrogens is 3. The van der Waals surface area contributed by atoms with Gasteiger partial charge < -0.3 is 9.47 Å². The number of nitrogens with zero attached hydrogens (tertiary/aromatic N) is 4. The van der Waals surface area contributed by atoms with E-state index in [0.29, 0.717) is 0 Å². The van der Waals surface area contributed by atoms with Crippen LogP contribution in [0.15, 0.2) is 5.38 Å². The lowest BCUT2D eigenvalue weighted by Gasteiger charge is -2.21. The molecule has 3 heterocycles. The van der Waals surface area contributed by atoms with E-state index in [4.69, 9.17) is 0 Å². The summed E-state index contributed by atoms with van der Waals surface area (Å²) in [6.07, 6.45) is 5.48. The van der Waals surface area contributed by atoms with Gasteiger partial charge in [0.2, 0.25) is 0 Å². The van der Waals surface area contributed by atoms with Crippen molar-refractivity contribution < 1.29 is 4.79 Å². The number of amides is 1. The van der Waals surface area contributed by atoms with Gasteiger partial charge in [-0.15, -0.1) is 21.5 Å². The molecule has 1 aliphatic heterocycles. The van der Waals surface area contributed by atoms with Crippen LogP contribution in [0.2, 0.25) is 0 Å². The van der Waals surface area contributed by atoms with Crippen molar-refractivity contribution in [1.82, 2.24) is 19.7 Å². The van der Waals surface area contributed by atoms with Crippen LogP contribution in [0, 0.1) is 6.92 Å². The van der Waals surface area contributed by atoms with E-state index in [0.717, 1.165) is 56.1 Å². The smallest absolute Gasteiger partial charge is 0.255 e. The van der Waals surface area contributed by atoms with Crippen LogP contribution in [0.1, 0.15) is 45.3 Å². The second-order valence-electron chi connectivity index (χ2n) is 6.12. The lowest BCUT2D eigenvalue weighted by molar-refractivity contribution is 0.0758. The normalized spacial score (nSPS) is 17.8. The first-order chi connectivity index (χ1) is 10.7. The summed E-state index contributed by atoms with van der Waals surface area (Å²) in [6.45, 7) is 4.26. The first-order valence-corrected chi connectivity index (χ1v) is 8.89. The fraction of sp³-hybridized carbons (Fsp3) is 0.562. The largest absolute Gasteiger partial charge is 0.336 e. The molecule has 2 aromatic rings. The molecule has 0 spiro atoms. The Hall–Kier alpha value is -1.69. The summed E-state index contributed by atoms with van der Waals surface area (Å²) >= 11 is 1.77. The molecule has 1 amide bonds. The van der Waals surface area contributed by atoms with Crippen LogP contribution in [0.3, 0.4) is 0 Å². The molecule has 0 unspecified atom stereocenters. The molecule has 0 atom stereocenters. The van der Waals surface area contributed by atoms with Crippen molar-refractivity contribution in [2.24, 2.45) is 0 Å². The molecule has 4 rings (SSSR count). The molecule has 6 heteroatoms. The Bertz CT molecular complexity index is 718. The highest BCUT2D eigenvalue weighted by molar-refractivity contribution is 7.10. The van der Waals surface area contributed by atoms with E-state index in [1.807, 2.05) is 11.8 Å². The minimum atomic E-state index is 0.204. The molecule has 0 bridgehead atoms. The van der Waals surface area contributed by atoms with Crippen LogP contribution < -0.4 is 0 Å². The quantitative estimate of drug-likeness (QED) is 0.810. The molecule has 2 aliphatic rings. The van der Waals surface area contributed by atoms with E-state index in [2.05, 4.69) is 20.1 Å².